The third-order valence-electron chi connectivity index (χ3n) is 2.35. The van der Waals surface area contributed by atoms with Crippen LogP contribution in [-0.4, -0.2) is 44.4 Å². The van der Waals surface area contributed by atoms with E-state index in [1.54, 1.807) is 24.3 Å². The molecule has 1 aromatic carbocycles. The van der Waals surface area contributed by atoms with Crippen LogP contribution in [-0.2, 0) is 10.0 Å². The lowest BCUT2D eigenvalue weighted by molar-refractivity contribution is 0.279. The number of aliphatic hydroxyl groups is 1. The van der Waals surface area contributed by atoms with Crippen molar-refractivity contribution in [3.8, 4) is 0 Å². The summed E-state index contributed by atoms with van der Waals surface area (Å²) in [5.41, 5.74) is 7.06. The molecule has 1 unspecified atom stereocenters. The fourth-order valence-electron chi connectivity index (χ4n) is 1.45. The van der Waals surface area contributed by atoms with Crippen molar-refractivity contribution >= 4 is 33.8 Å². The lowest BCUT2D eigenvalue weighted by Crippen LogP contribution is -2.36. The number of nitrogen functional groups attached to an aromatic ring is 1. The molecule has 1 rings (SSSR count). The molecule has 0 amide bonds. The molecule has 20 heavy (non-hydrogen) atoms. The average molecular weight is 328 g/mol. The van der Waals surface area contributed by atoms with Crippen LogP contribution < -0.4 is 15.8 Å². The van der Waals surface area contributed by atoms with Gasteiger partial charge in [0.15, 0.2) is 0 Å². The minimum atomic E-state index is -3.23. The monoisotopic (exact) mass is 327 g/mol. The summed E-state index contributed by atoms with van der Waals surface area (Å²) >= 11 is 0. The second-order valence-electron chi connectivity index (χ2n) is 4.10. The van der Waals surface area contributed by atoms with Gasteiger partial charge in [0.25, 0.3) is 0 Å². The molecule has 0 fully saturated rings. The summed E-state index contributed by atoms with van der Waals surface area (Å²) in [4.78, 5) is 0. The van der Waals surface area contributed by atoms with Crippen molar-refractivity contribution in [3.05, 3.63) is 24.3 Å². The Labute approximate surface area is 125 Å². The molecule has 0 saturated heterocycles. The number of hydrogen-bond donors (Lipinski definition) is 4. The van der Waals surface area contributed by atoms with Gasteiger partial charge in [0, 0.05) is 30.6 Å². The normalized spacial score (nSPS) is 11.9. The van der Waals surface area contributed by atoms with Crippen molar-refractivity contribution in [2.24, 2.45) is 0 Å². The number of aliphatic hydroxyl groups excluding tert-OH is 1. The molecule has 118 valence electrons. The standard InChI is InChI=1S/C11H19N3O3S.ClH.H2O/c1-18(16,17)13-8-11(6-7-15)14-10-4-2-9(12)3-5-10;;/h2-5,11,13-15H,6-8,12H2,1H3;1H;1H2. The zero-order valence-corrected chi connectivity index (χ0v) is 12.8. The molecular formula is C11H22ClN3O4S. The summed E-state index contributed by atoms with van der Waals surface area (Å²) in [6, 6.07) is 6.94. The molecule has 7 N–H and O–H groups in total. The van der Waals surface area contributed by atoms with E-state index in [2.05, 4.69) is 10.0 Å². The Kier molecular flexibility index (Phi) is 10.4. The maximum absolute atomic E-state index is 11.0. The van der Waals surface area contributed by atoms with Gasteiger partial charge in [0.2, 0.25) is 10.0 Å². The van der Waals surface area contributed by atoms with Gasteiger partial charge in [-0.05, 0) is 30.7 Å². The Morgan fingerprint density at radius 2 is 1.85 bits per heavy atom. The Balaban J connectivity index is 0. The maximum Gasteiger partial charge on any atom is 0.208 e. The molecule has 0 radical (unpaired) electrons. The van der Waals surface area contributed by atoms with E-state index in [4.69, 9.17) is 10.8 Å². The zero-order chi connectivity index (χ0) is 13.6. The van der Waals surface area contributed by atoms with Gasteiger partial charge in [0.05, 0.1) is 6.26 Å². The fourth-order valence-corrected chi connectivity index (χ4v) is 1.95. The molecule has 7 nitrogen and oxygen atoms in total. The van der Waals surface area contributed by atoms with Crippen LogP contribution in [0.3, 0.4) is 0 Å². The fraction of sp³-hybridized carbons (Fsp3) is 0.455. The van der Waals surface area contributed by atoms with Gasteiger partial charge in [-0.2, -0.15) is 0 Å². The third kappa shape index (κ3) is 8.94. The first kappa shape index (κ1) is 21.2. The van der Waals surface area contributed by atoms with E-state index in [0.29, 0.717) is 12.1 Å². The summed E-state index contributed by atoms with van der Waals surface area (Å²) in [5.74, 6) is 0. The van der Waals surface area contributed by atoms with E-state index in [0.717, 1.165) is 11.9 Å². The van der Waals surface area contributed by atoms with Gasteiger partial charge in [-0.25, -0.2) is 13.1 Å². The van der Waals surface area contributed by atoms with Gasteiger partial charge >= 0.3 is 0 Å². The van der Waals surface area contributed by atoms with Crippen LogP contribution in [0.5, 0.6) is 0 Å². The van der Waals surface area contributed by atoms with Crippen LogP contribution in [0.1, 0.15) is 6.42 Å². The summed E-state index contributed by atoms with van der Waals surface area (Å²) < 4.78 is 24.5. The van der Waals surface area contributed by atoms with Gasteiger partial charge < -0.3 is 21.6 Å². The number of halogens is 1. The number of benzene rings is 1. The first-order valence-corrected chi connectivity index (χ1v) is 7.47. The van der Waals surface area contributed by atoms with Gasteiger partial charge in [-0.15, -0.1) is 12.4 Å². The molecule has 0 saturated carbocycles. The van der Waals surface area contributed by atoms with Crippen LogP contribution in [0.15, 0.2) is 24.3 Å². The van der Waals surface area contributed by atoms with Crippen molar-refractivity contribution in [1.82, 2.24) is 4.72 Å². The van der Waals surface area contributed by atoms with E-state index in [9.17, 15) is 8.42 Å². The Bertz CT molecular complexity index is 467. The van der Waals surface area contributed by atoms with E-state index in [-0.39, 0.29) is 37.1 Å². The average Bonchev–Trinajstić information content (AvgIpc) is 2.28. The minimum absolute atomic E-state index is 0. The highest BCUT2D eigenvalue weighted by Gasteiger charge is 2.10. The lowest BCUT2D eigenvalue weighted by Gasteiger charge is -2.19. The van der Waals surface area contributed by atoms with Crippen molar-refractivity contribution in [1.29, 1.82) is 0 Å². The highest BCUT2D eigenvalue weighted by atomic mass is 35.5. The predicted molar refractivity (Wildman–Crippen MR) is 83.7 cm³/mol. The molecular weight excluding hydrogens is 306 g/mol. The van der Waals surface area contributed by atoms with Crippen molar-refractivity contribution in [2.75, 3.05) is 30.5 Å². The number of rotatable bonds is 7. The molecule has 0 aliphatic heterocycles. The molecule has 1 atom stereocenters. The van der Waals surface area contributed by atoms with Crippen molar-refractivity contribution < 1.29 is 19.0 Å². The molecule has 0 aliphatic carbocycles. The molecule has 1 aromatic rings. The van der Waals surface area contributed by atoms with Crippen LogP contribution in [0.2, 0.25) is 0 Å². The largest absolute Gasteiger partial charge is 0.412 e. The molecule has 9 heteroatoms. The zero-order valence-electron chi connectivity index (χ0n) is 11.2. The molecule has 0 heterocycles. The summed E-state index contributed by atoms with van der Waals surface area (Å²) in [6.07, 6.45) is 1.55. The van der Waals surface area contributed by atoms with Gasteiger partial charge in [-0.3, -0.25) is 0 Å². The first-order chi connectivity index (χ1) is 8.40. The lowest BCUT2D eigenvalue weighted by atomic mass is 10.2. The van der Waals surface area contributed by atoms with Crippen molar-refractivity contribution in [2.45, 2.75) is 12.5 Å². The number of nitrogens with two attached hydrogens (primary N) is 1. The minimum Gasteiger partial charge on any atom is -0.412 e. The maximum atomic E-state index is 11.0. The predicted octanol–water partition coefficient (Wildman–Crippen LogP) is -0.422. The van der Waals surface area contributed by atoms with Crippen LogP contribution in [0, 0.1) is 0 Å². The van der Waals surface area contributed by atoms with E-state index in [1.807, 2.05) is 0 Å². The first-order valence-electron chi connectivity index (χ1n) is 5.58. The second-order valence-corrected chi connectivity index (χ2v) is 5.93. The Morgan fingerprint density at radius 3 is 2.30 bits per heavy atom. The van der Waals surface area contributed by atoms with E-state index < -0.39 is 10.0 Å². The SMILES string of the molecule is CS(=O)(=O)NCC(CCO)Nc1ccc(N)cc1.Cl.O. The summed E-state index contributed by atoms with van der Waals surface area (Å²) in [5, 5.41) is 12.1. The Hall–Kier alpha value is -1.06. The number of nitrogens with one attached hydrogen (secondary N) is 2. The second kappa shape index (κ2) is 9.78. The number of anilines is 2. The summed E-state index contributed by atoms with van der Waals surface area (Å²) in [7, 11) is -3.23. The smallest absolute Gasteiger partial charge is 0.208 e. The van der Waals surface area contributed by atoms with Crippen LogP contribution in [0.25, 0.3) is 0 Å². The van der Waals surface area contributed by atoms with Gasteiger partial charge in [0.1, 0.15) is 0 Å². The van der Waals surface area contributed by atoms with Crippen LogP contribution in [0.4, 0.5) is 11.4 Å². The quantitative estimate of drug-likeness (QED) is 0.504. The number of sulfonamides is 1. The van der Waals surface area contributed by atoms with E-state index >= 15 is 0 Å². The number of hydrogen-bond acceptors (Lipinski definition) is 5. The molecule has 0 spiro atoms. The Morgan fingerprint density at radius 1 is 1.30 bits per heavy atom. The molecule has 0 aromatic heterocycles. The van der Waals surface area contributed by atoms with Crippen molar-refractivity contribution in [3.63, 3.8) is 0 Å². The van der Waals surface area contributed by atoms with Crippen LogP contribution >= 0.6 is 12.4 Å². The topological polar surface area (TPSA) is 136 Å². The highest BCUT2D eigenvalue weighted by Crippen LogP contribution is 2.12. The highest BCUT2D eigenvalue weighted by molar-refractivity contribution is 7.88. The summed E-state index contributed by atoms with van der Waals surface area (Å²) in [6.45, 7) is 0.210. The van der Waals surface area contributed by atoms with Gasteiger partial charge in [-0.1, -0.05) is 0 Å². The van der Waals surface area contributed by atoms with E-state index in [1.165, 1.54) is 0 Å². The molecule has 0 bridgehead atoms. The molecule has 0 aliphatic rings. The third-order valence-corrected chi connectivity index (χ3v) is 3.04.